The highest BCUT2D eigenvalue weighted by Crippen LogP contribution is 2.45. The molecule has 3 rings (SSSR count). The highest BCUT2D eigenvalue weighted by Gasteiger charge is 2.28. The Kier molecular flexibility index (Phi) is 8.74. The van der Waals surface area contributed by atoms with Gasteiger partial charge in [0, 0.05) is 0 Å². The van der Waals surface area contributed by atoms with E-state index in [9.17, 15) is 0 Å². The lowest BCUT2D eigenvalue weighted by atomic mass is 9.71. The number of hydrogen-bond donors (Lipinski definition) is 0. The molecule has 0 aromatic heterocycles. The number of ether oxygens (including phenoxy) is 1. The van der Waals surface area contributed by atoms with Gasteiger partial charge in [0.2, 0.25) is 0 Å². The van der Waals surface area contributed by atoms with Gasteiger partial charge in [0.15, 0.2) is 0 Å². The van der Waals surface area contributed by atoms with Crippen LogP contribution in [0.3, 0.4) is 0 Å². The lowest BCUT2D eigenvalue weighted by molar-refractivity contribution is 0.293. The molecule has 158 valence electrons. The summed E-state index contributed by atoms with van der Waals surface area (Å²) in [6.45, 7) is 7.71. The van der Waals surface area contributed by atoms with Crippen molar-refractivity contribution in [1.82, 2.24) is 0 Å². The summed E-state index contributed by atoms with van der Waals surface area (Å²) >= 11 is 0. The largest absolute Gasteiger partial charge is 0.494 e. The molecule has 28 heavy (non-hydrogen) atoms. The summed E-state index contributed by atoms with van der Waals surface area (Å²) in [6.07, 6.45) is 18.0. The summed E-state index contributed by atoms with van der Waals surface area (Å²) in [5.41, 5.74) is 3.33. The maximum absolute atomic E-state index is 6.04. The van der Waals surface area contributed by atoms with Gasteiger partial charge < -0.3 is 4.74 Å². The lowest BCUT2D eigenvalue weighted by Crippen LogP contribution is -2.18. The molecule has 2 saturated carbocycles. The number of hydrogen-bond acceptors (Lipinski definition) is 1. The fraction of sp³-hybridized carbons (Fsp3) is 0.778. The summed E-state index contributed by atoms with van der Waals surface area (Å²) in [4.78, 5) is 0. The zero-order chi connectivity index (χ0) is 19.8. The SMILES string of the molecule is CCCOc1ccc(C2CCC(CCC)CC2)c(C2CCC(CCC)CC2)c1. The zero-order valence-corrected chi connectivity index (χ0v) is 18.8. The van der Waals surface area contributed by atoms with Crippen molar-refractivity contribution < 1.29 is 4.74 Å². The van der Waals surface area contributed by atoms with Crippen molar-refractivity contribution in [3.05, 3.63) is 29.3 Å². The first-order valence-electron chi connectivity index (χ1n) is 12.5. The molecule has 0 aliphatic heterocycles. The van der Waals surface area contributed by atoms with Gasteiger partial charge in [0.05, 0.1) is 6.61 Å². The van der Waals surface area contributed by atoms with Crippen LogP contribution in [0.5, 0.6) is 5.75 Å². The molecule has 0 amide bonds. The molecule has 0 spiro atoms. The van der Waals surface area contributed by atoms with Crippen molar-refractivity contribution in [3.63, 3.8) is 0 Å². The van der Waals surface area contributed by atoms with E-state index in [4.69, 9.17) is 4.74 Å². The predicted octanol–water partition coefficient (Wildman–Crippen LogP) is 8.62. The van der Waals surface area contributed by atoms with Gasteiger partial charge >= 0.3 is 0 Å². The van der Waals surface area contributed by atoms with Crippen LogP contribution in [0.4, 0.5) is 0 Å². The average Bonchev–Trinajstić information content (AvgIpc) is 2.74. The van der Waals surface area contributed by atoms with Crippen molar-refractivity contribution >= 4 is 0 Å². The van der Waals surface area contributed by atoms with Gasteiger partial charge in [-0.05, 0) is 105 Å². The quantitative estimate of drug-likeness (QED) is 0.414. The first kappa shape index (κ1) is 21.7. The van der Waals surface area contributed by atoms with Crippen LogP contribution < -0.4 is 4.74 Å². The van der Waals surface area contributed by atoms with Crippen LogP contribution >= 0.6 is 0 Å². The van der Waals surface area contributed by atoms with E-state index in [-0.39, 0.29) is 0 Å². The fourth-order valence-corrected chi connectivity index (χ4v) is 5.93. The zero-order valence-electron chi connectivity index (χ0n) is 18.8. The minimum Gasteiger partial charge on any atom is -0.494 e. The Labute approximate surface area is 174 Å². The predicted molar refractivity (Wildman–Crippen MR) is 121 cm³/mol. The maximum Gasteiger partial charge on any atom is 0.119 e. The first-order chi connectivity index (χ1) is 13.7. The summed E-state index contributed by atoms with van der Waals surface area (Å²) in [6, 6.07) is 7.15. The molecule has 0 saturated heterocycles. The van der Waals surface area contributed by atoms with E-state index in [1.807, 2.05) is 0 Å². The summed E-state index contributed by atoms with van der Waals surface area (Å²) < 4.78 is 6.04. The van der Waals surface area contributed by atoms with E-state index in [1.54, 1.807) is 11.1 Å². The van der Waals surface area contributed by atoms with E-state index >= 15 is 0 Å². The molecule has 0 atom stereocenters. The monoisotopic (exact) mass is 384 g/mol. The minimum absolute atomic E-state index is 0.765. The molecule has 0 radical (unpaired) electrons. The smallest absolute Gasteiger partial charge is 0.119 e. The van der Waals surface area contributed by atoms with Crippen LogP contribution in [-0.2, 0) is 0 Å². The second-order valence-corrected chi connectivity index (χ2v) is 9.65. The Morgan fingerprint density at radius 2 is 1.21 bits per heavy atom. The van der Waals surface area contributed by atoms with Gasteiger partial charge in [-0.3, -0.25) is 0 Å². The molecule has 1 nitrogen and oxygen atoms in total. The lowest BCUT2D eigenvalue weighted by Gasteiger charge is -2.34. The van der Waals surface area contributed by atoms with Gasteiger partial charge in [0.1, 0.15) is 5.75 Å². The Balaban J connectivity index is 1.74. The van der Waals surface area contributed by atoms with Gasteiger partial charge in [-0.25, -0.2) is 0 Å². The molecule has 2 aliphatic carbocycles. The van der Waals surface area contributed by atoms with E-state index in [2.05, 4.69) is 39.0 Å². The Bertz CT molecular complexity index is 562. The normalized spacial score (nSPS) is 28.2. The van der Waals surface area contributed by atoms with Gasteiger partial charge in [-0.15, -0.1) is 0 Å². The van der Waals surface area contributed by atoms with Gasteiger partial charge in [0.25, 0.3) is 0 Å². The van der Waals surface area contributed by atoms with Crippen LogP contribution in [0, 0.1) is 11.8 Å². The molecule has 0 bridgehead atoms. The molecule has 0 unspecified atom stereocenters. The van der Waals surface area contributed by atoms with Crippen molar-refractivity contribution in [1.29, 1.82) is 0 Å². The number of rotatable bonds is 9. The third-order valence-electron chi connectivity index (χ3n) is 7.50. The van der Waals surface area contributed by atoms with E-state index in [1.165, 1.54) is 77.0 Å². The highest BCUT2D eigenvalue weighted by atomic mass is 16.5. The molecular formula is C27H44O. The molecule has 0 N–H and O–H groups in total. The van der Waals surface area contributed by atoms with Crippen LogP contribution in [0.1, 0.15) is 127 Å². The molecular weight excluding hydrogens is 340 g/mol. The van der Waals surface area contributed by atoms with E-state index < -0.39 is 0 Å². The van der Waals surface area contributed by atoms with Crippen LogP contribution in [0.15, 0.2) is 18.2 Å². The third kappa shape index (κ3) is 5.77. The van der Waals surface area contributed by atoms with Crippen LogP contribution in [0.2, 0.25) is 0 Å². The van der Waals surface area contributed by atoms with Crippen LogP contribution in [-0.4, -0.2) is 6.61 Å². The molecule has 1 aromatic rings. The fourth-order valence-electron chi connectivity index (χ4n) is 5.93. The second-order valence-electron chi connectivity index (χ2n) is 9.65. The molecule has 1 aromatic carbocycles. The second kappa shape index (κ2) is 11.3. The molecule has 1 heteroatoms. The standard InChI is InChI=1S/C27H44O/c1-4-7-21-9-13-23(14-10-21)26-18-17-25(28-19-6-3)20-27(26)24-15-11-22(8-5-2)12-16-24/h17-18,20-24H,4-16,19H2,1-3H3. The summed E-state index contributed by atoms with van der Waals surface area (Å²) in [5, 5.41) is 0. The Morgan fingerprint density at radius 3 is 1.71 bits per heavy atom. The Hall–Kier alpha value is -0.980. The number of benzene rings is 1. The average molecular weight is 385 g/mol. The van der Waals surface area contributed by atoms with Crippen molar-refractivity contribution in [2.75, 3.05) is 6.61 Å². The Morgan fingerprint density at radius 1 is 0.679 bits per heavy atom. The molecule has 0 heterocycles. The van der Waals surface area contributed by atoms with E-state index in [0.717, 1.165) is 42.4 Å². The highest BCUT2D eigenvalue weighted by molar-refractivity contribution is 5.40. The van der Waals surface area contributed by atoms with Gasteiger partial charge in [-0.2, -0.15) is 0 Å². The first-order valence-corrected chi connectivity index (χ1v) is 12.5. The van der Waals surface area contributed by atoms with Crippen molar-refractivity contribution in [2.24, 2.45) is 11.8 Å². The molecule has 2 aliphatic rings. The van der Waals surface area contributed by atoms with Gasteiger partial charge in [-0.1, -0.05) is 52.5 Å². The summed E-state index contributed by atoms with van der Waals surface area (Å²) in [7, 11) is 0. The topological polar surface area (TPSA) is 9.23 Å². The summed E-state index contributed by atoms with van der Waals surface area (Å²) in [5.74, 6) is 4.63. The third-order valence-corrected chi connectivity index (χ3v) is 7.50. The van der Waals surface area contributed by atoms with Crippen molar-refractivity contribution in [3.8, 4) is 5.75 Å². The maximum atomic E-state index is 6.04. The van der Waals surface area contributed by atoms with Crippen molar-refractivity contribution in [2.45, 2.75) is 116 Å². The minimum atomic E-state index is 0.765. The molecule has 2 fully saturated rings. The van der Waals surface area contributed by atoms with Crippen LogP contribution in [0.25, 0.3) is 0 Å². The van der Waals surface area contributed by atoms with E-state index in [0.29, 0.717) is 0 Å².